The highest BCUT2D eigenvalue weighted by Crippen LogP contribution is 2.25. The lowest BCUT2D eigenvalue weighted by Gasteiger charge is -2.42. The molecule has 1 aliphatic rings. The maximum atomic E-state index is 6.03. The molecule has 0 saturated heterocycles. The Morgan fingerprint density at radius 1 is 1.47 bits per heavy atom. The average Bonchev–Trinajstić information content (AvgIpc) is 2.35. The number of aromatic nitrogens is 2. The van der Waals surface area contributed by atoms with Gasteiger partial charge in [-0.3, -0.25) is 0 Å². The molecule has 0 aliphatic heterocycles. The third-order valence-electron chi connectivity index (χ3n) is 3.51. The Balaban J connectivity index is 2.10. The van der Waals surface area contributed by atoms with Crippen molar-refractivity contribution in [3.63, 3.8) is 0 Å². The Bertz CT molecular complexity index is 433. The van der Waals surface area contributed by atoms with Gasteiger partial charge in [-0.1, -0.05) is 13.8 Å². The molecule has 1 saturated carbocycles. The summed E-state index contributed by atoms with van der Waals surface area (Å²) in [7, 11) is 0. The second kappa shape index (κ2) is 5.84. The number of hydrogen-bond acceptors (Lipinski definition) is 5. The number of nitrogens with one attached hydrogen (secondary N) is 1. The van der Waals surface area contributed by atoms with Gasteiger partial charge in [-0.2, -0.15) is 0 Å². The molecule has 1 aromatic heterocycles. The quantitative estimate of drug-likeness (QED) is 0.848. The van der Waals surface area contributed by atoms with E-state index in [0.29, 0.717) is 18.5 Å². The molecule has 2 rings (SSSR count). The number of hydrogen-bond donors (Lipinski definition) is 2. The first-order chi connectivity index (χ1) is 9.01. The zero-order valence-electron chi connectivity index (χ0n) is 12.2. The largest absolute Gasteiger partial charge is 0.376 e. The summed E-state index contributed by atoms with van der Waals surface area (Å²) in [5.74, 6) is 1.05. The highest BCUT2D eigenvalue weighted by molar-refractivity contribution is 5.33. The number of ether oxygens (including phenoxy) is 1. The molecular formula is C14H24N4O. The topological polar surface area (TPSA) is 73.1 Å². The minimum absolute atomic E-state index is 0.113. The Kier molecular flexibility index (Phi) is 4.37. The van der Waals surface area contributed by atoms with Gasteiger partial charge in [0.2, 0.25) is 5.95 Å². The number of aryl methyl sites for hydroxylation is 1. The predicted octanol–water partition coefficient (Wildman–Crippen LogP) is 1.83. The molecular weight excluding hydrogens is 240 g/mol. The fourth-order valence-corrected chi connectivity index (χ4v) is 2.33. The molecule has 0 bridgehead atoms. The van der Waals surface area contributed by atoms with Gasteiger partial charge in [-0.15, -0.1) is 0 Å². The van der Waals surface area contributed by atoms with Crippen LogP contribution in [0.15, 0.2) is 6.07 Å². The molecule has 3 N–H and O–H groups in total. The molecule has 5 nitrogen and oxygen atoms in total. The van der Waals surface area contributed by atoms with Gasteiger partial charge < -0.3 is 15.8 Å². The third-order valence-corrected chi connectivity index (χ3v) is 3.51. The number of anilines is 1. The van der Waals surface area contributed by atoms with Crippen LogP contribution in [-0.4, -0.2) is 34.8 Å². The van der Waals surface area contributed by atoms with Crippen LogP contribution in [0.5, 0.6) is 0 Å². The zero-order chi connectivity index (χ0) is 14.0. The fourth-order valence-electron chi connectivity index (χ4n) is 2.33. The van der Waals surface area contributed by atoms with Crippen LogP contribution in [-0.2, 0) is 4.74 Å². The van der Waals surface area contributed by atoms with Crippen molar-refractivity contribution in [2.75, 3.05) is 11.9 Å². The lowest BCUT2D eigenvalue weighted by atomic mass is 9.83. The first kappa shape index (κ1) is 14.2. The van der Waals surface area contributed by atoms with E-state index in [1.54, 1.807) is 0 Å². The summed E-state index contributed by atoms with van der Waals surface area (Å²) < 4.78 is 5.64. The summed E-state index contributed by atoms with van der Waals surface area (Å²) in [6.07, 6.45) is 1.07. The van der Waals surface area contributed by atoms with Crippen LogP contribution in [0.2, 0.25) is 0 Å². The van der Waals surface area contributed by atoms with Crippen LogP contribution in [0.25, 0.3) is 0 Å². The number of rotatable bonds is 5. The van der Waals surface area contributed by atoms with E-state index in [-0.39, 0.29) is 18.2 Å². The van der Waals surface area contributed by atoms with E-state index in [9.17, 15) is 0 Å². The summed E-state index contributed by atoms with van der Waals surface area (Å²) in [5.41, 5.74) is 8.05. The van der Waals surface area contributed by atoms with E-state index < -0.39 is 0 Å². The van der Waals surface area contributed by atoms with E-state index in [1.165, 1.54) is 0 Å². The van der Waals surface area contributed by atoms with Crippen molar-refractivity contribution in [1.29, 1.82) is 0 Å². The third kappa shape index (κ3) is 3.22. The molecule has 1 aliphatic carbocycles. The first-order valence-electron chi connectivity index (χ1n) is 7.00. The second-order valence-corrected chi connectivity index (χ2v) is 5.48. The van der Waals surface area contributed by atoms with Crippen molar-refractivity contribution in [2.24, 2.45) is 5.73 Å². The molecule has 0 aromatic carbocycles. The van der Waals surface area contributed by atoms with E-state index in [4.69, 9.17) is 10.5 Å². The SMILES string of the molecule is CCOC1CC(N)C1Nc1nc(C)cc(C(C)C)n1. The molecule has 5 heteroatoms. The normalized spacial score (nSPS) is 26.3. The molecule has 1 heterocycles. The van der Waals surface area contributed by atoms with Crippen molar-refractivity contribution in [3.8, 4) is 0 Å². The molecule has 3 unspecified atom stereocenters. The van der Waals surface area contributed by atoms with Crippen molar-refractivity contribution < 1.29 is 4.74 Å². The van der Waals surface area contributed by atoms with Crippen molar-refractivity contribution in [2.45, 2.75) is 58.2 Å². The molecule has 1 aromatic rings. The number of nitrogens with zero attached hydrogens (tertiary/aromatic N) is 2. The monoisotopic (exact) mass is 264 g/mol. The fraction of sp³-hybridized carbons (Fsp3) is 0.714. The van der Waals surface area contributed by atoms with Crippen LogP contribution >= 0.6 is 0 Å². The Labute approximate surface area is 115 Å². The van der Waals surface area contributed by atoms with Gasteiger partial charge in [-0.25, -0.2) is 9.97 Å². The van der Waals surface area contributed by atoms with Crippen LogP contribution in [0.1, 0.15) is 44.5 Å². The van der Waals surface area contributed by atoms with Crippen LogP contribution in [0.4, 0.5) is 5.95 Å². The van der Waals surface area contributed by atoms with Crippen molar-refractivity contribution in [1.82, 2.24) is 9.97 Å². The van der Waals surface area contributed by atoms with Crippen LogP contribution in [0.3, 0.4) is 0 Å². The van der Waals surface area contributed by atoms with E-state index in [1.807, 2.05) is 19.9 Å². The maximum Gasteiger partial charge on any atom is 0.223 e. The summed E-state index contributed by atoms with van der Waals surface area (Å²) in [4.78, 5) is 8.98. The molecule has 19 heavy (non-hydrogen) atoms. The smallest absolute Gasteiger partial charge is 0.223 e. The molecule has 3 atom stereocenters. The summed E-state index contributed by atoms with van der Waals surface area (Å²) in [6.45, 7) is 8.95. The highest BCUT2D eigenvalue weighted by Gasteiger charge is 2.39. The Morgan fingerprint density at radius 2 is 2.21 bits per heavy atom. The Morgan fingerprint density at radius 3 is 2.79 bits per heavy atom. The van der Waals surface area contributed by atoms with E-state index in [0.717, 1.165) is 17.8 Å². The molecule has 0 amide bonds. The van der Waals surface area contributed by atoms with Crippen molar-refractivity contribution in [3.05, 3.63) is 17.5 Å². The molecule has 0 spiro atoms. The first-order valence-corrected chi connectivity index (χ1v) is 7.00. The lowest BCUT2D eigenvalue weighted by molar-refractivity contribution is -0.0128. The van der Waals surface area contributed by atoms with Gasteiger partial charge in [0.25, 0.3) is 0 Å². The van der Waals surface area contributed by atoms with Crippen LogP contribution < -0.4 is 11.1 Å². The summed E-state index contributed by atoms with van der Waals surface area (Å²) in [6, 6.07) is 2.25. The van der Waals surface area contributed by atoms with Gasteiger partial charge >= 0.3 is 0 Å². The maximum absolute atomic E-state index is 6.03. The van der Waals surface area contributed by atoms with E-state index in [2.05, 4.69) is 29.1 Å². The van der Waals surface area contributed by atoms with Gasteiger partial charge in [0.1, 0.15) is 0 Å². The van der Waals surface area contributed by atoms with E-state index >= 15 is 0 Å². The highest BCUT2D eigenvalue weighted by atomic mass is 16.5. The second-order valence-electron chi connectivity index (χ2n) is 5.48. The average molecular weight is 264 g/mol. The standard InChI is InChI=1S/C14H24N4O/c1-5-19-12-7-10(15)13(12)18-14-16-9(4)6-11(17-14)8(2)3/h6,8,10,12-13H,5,7,15H2,1-4H3,(H,16,17,18). The van der Waals surface area contributed by atoms with Gasteiger partial charge in [0.05, 0.1) is 12.1 Å². The van der Waals surface area contributed by atoms with Gasteiger partial charge in [-0.05, 0) is 32.3 Å². The molecule has 1 fully saturated rings. The van der Waals surface area contributed by atoms with Gasteiger partial charge in [0.15, 0.2) is 0 Å². The molecule has 0 radical (unpaired) electrons. The summed E-state index contributed by atoms with van der Waals surface area (Å²) >= 11 is 0. The predicted molar refractivity (Wildman–Crippen MR) is 76.3 cm³/mol. The summed E-state index contributed by atoms with van der Waals surface area (Å²) in [5, 5.41) is 3.33. The lowest BCUT2D eigenvalue weighted by Crippen LogP contribution is -2.60. The van der Waals surface area contributed by atoms with Crippen molar-refractivity contribution >= 4 is 5.95 Å². The van der Waals surface area contributed by atoms with Gasteiger partial charge in [0, 0.05) is 24.0 Å². The minimum atomic E-state index is 0.113. The number of nitrogens with two attached hydrogens (primary N) is 1. The zero-order valence-corrected chi connectivity index (χ0v) is 12.2. The Hall–Kier alpha value is -1.20. The molecule has 106 valence electrons. The van der Waals surface area contributed by atoms with Crippen LogP contribution in [0, 0.1) is 6.92 Å². The minimum Gasteiger partial charge on any atom is -0.376 e.